The minimum absolute atomic E-state index is 0.265. The number of anilines is 6. The summed E-state index contributed by atoms with van der Waals surface area (Å²) in [6.45, 7) is 9.28. The lowest BCUT2D eigenvalue weighted by Gasteiger charge is -2.35. The summed E-state index contributed by atoms with van der Waals surface area (Å²) in [5, 5.41) is 7.54. The molecule has 58 heavy (non-hydrogen) atoms. The van der Waals surface area contributed by atoms with Gasteiger partial charge in [0.05, 0.1) is 22.7 Å². The first-order chi connectivity index (χ1) is 28.4. The third-order valence-corrected chi connectivity index (χ3v) is 14.2. The van der Waals surface area contributed by atoms with Crippen LogP contribution in [0.3, 0.4) is 0 Å². The van der Waals surface area contributed by atoms with Crippen molar-refractivity contribution in [3.63, 3.8) is 0 Å². The maximum absolute atomic E-state index is 6.71. The van der Waals surface area contributed by atoms with Gasteiger partial charge in [0.2, 0.25) is 0 Å². The predicted octanol–water partition coefficient (Wildman–Crippen LogP) is 17.0. The Hall–Kier alpha value is -6.34. The first kappa shape index (κ1) is 33.8. The van der Waals surface area contributed by atoms with Crippen LogP contribution in [0, 0.1) is 0 Å². The highest BCUT2D eigenvalue weighted by Gasteiger charge is 2.31. The predicted molar refractivity (Wildman–Crippen MR) is 247 cm³/mol. The van der Waals surface area contributed by atoms with Crippen molar-refractivity contribution in [1.29, 1.82) is 0 Å². The van der Waals surface area contributed by atoms with Gasteiger partial charge in [-0.15, -0.1) is 22.7 Å². The van der Waals surface area contributed by atoms with Crippen molar-refractivity contribution < 1.29 is 9.47 Å². The third kappa shape index (κ3) is 4.98. The van der Waals surface area contributed by atoms with E-state index in [-0.39, 0.29) is 11.8 Å². The van der Waals surface area contributed by atoms with Gasteiger partial charge in [0.15, 0.2) is 23.0 Å². The molecule has 280 valence electrons. The molecule has 4 heterocycles. The number of ether oxygens (including phenoxy) is 2. The van der Waals surface area contributed by atoms with E-state index in [1.165, 1.54) is 62.2 Å². The lowest BCUT2D eigenvalue weighted by atomic mass is 9.88. The molecule has 0 amide bonds. The van der Waals surface area contributed by atoms with Crippen molar-refractivity contribution in [2.45, 2.75) is 39.5 Å². The molecular weight excluding hydrogens is 749 g/mol. The third-order valence-electron chi connectivity index (χ3n) is 11.9. The normalized spacial score (nSPS) is 13.3. The number of hydrogen-bond acceptors (Lipinski definition) is 6. The van der Waals surface area contributed by atoms with E-state index in [1.54, 1.807) is 0 Å². The monoisotopic (exact) mass is 786 g/mol. The zero-order valence-corrected chi connectivity index (χ0v) is 34.2. The number of benzene rings is 8. The Bertz CT molecular complexity index is 3120. The Morgan fingerprint density at radius 2 is 0.776 bits per heavy atom. The molecule has 0 N–H and O–H groups in total. The molecule has 0 saturated heterocycles. The first-order valence-corrected chi connectivity index (χ1v) is 21.7. The van der Waals surface area contributed by atoms with Gasteiger partial charge in [0, 0.05) is 51.7 Å². The van der Waals surface area contributed by atoms with E-state index in [0.717, 1.165) is 57.1 Å². The maximum Gasteiger partial charge on any atom is 0.152 e. The molecule has 0 spiro atoms. The lowest BCUT2D eigenvalue weighted by molar-refractivity contribution is 0.477. The molecular formula is C52H38N2O2S2. The van der Waals surface area contributed by atoms with E-state index >= 15 is 0 Å². The van der Waals surface area contributed by atoms with Gasteiger partial charge >= 0.3 is 0 Å². The minimum Gasteiger partial charge on any atom is -0.453 e. The average molecular weight is 787 g/mol. The number of fused-ring (bicyclic) bond motifs is 11. The quantitative estimate of drug-likeness (QED) is 0.177. The lowest BCUT2D eigenvalue weighted by Crippen LogP contribution is -2.17. The average Bonchev–Trinajstić information content (AvgIpc) is 3.79. The molecule has 2 aromatic heterocycles. The minimum atomic E-state index is 0.265. The summed E-state index contributed by atoms with van der Waals surface area (Å²) in [6, 6.07) is 53.1. The van der Waals surface area contributed by atoms with E-state index < -0.39 is 0 Å². The van der Waals surface area contributed by atoms with Crippen molar-refractivity contribution in [2.24, 2.45) is 0 Å². The molecule has 0 aliphatic carbocycles. The highest BCUT2D eigenvalue weighted by atomic mass is 32.1. The van der Waals surface area contributed by atoms with Crippen LogP contribution in [0.25, 0.3) is 51.1 Å². The maximum atomic E-state index is 6.71. The number of hydrogen-bond donors (Lipinski definition) is 0. The summed E-state index contributed by atoms with van der Waals surface area (Å²) >= 11 is 3.68. The Morgan fingerprint density at radius 3 is 1.22 bits per heavy atom. The Morgan fingerprint density at radius 1 is 0.362 bits per heavy atom. The topological polar surface area (TPSA) is 24.9 Å². The number of rotatable bonds is 4. The fourth-order valence-electron chi connectivity index (χ4n) is 9.20. The second-order valence-corrected chi connectivity index (χ2v) is 18.3. The summed E-state index contributed by atoms with van der Waals surface area (Å²) in [6.07, 6.45) is 0. The van der Waals surface area contributed by atoms with Gasteiger partial charge < -0.3 is 19.3 Å². The molecule has 0 fully saturated rings. The number of thiophene rings is 2. The fraction of sp³-hybridized carbons (Fsp3) is 0.115. The fourth-order valence-corrected chi connectivity index (χ4v) is 11.4. The van der Waals surface area contributed by atoms with E-state index in [9.17, 15) is 0 Å². The van der Waals surface area contributed by atoms with Crippen molar-refractivity contribution >= 4 is 108 Å². The van der Waals surface area contributed by atoms with E-state index in [1.807, 2.05) is 22.7 Å². The van der Waals surface area contributed by atoms with E-state index in [0.29, 0.717) is 0 Å². The summed E-state index contributed by atoms with van der Waals surface area (Å²) < 4.78 is 18.5. The van der Waals surface area contributed by atoms with Crippen LogP contribution in [0.4, 0.5) is 34.1 Å². The molecule has 0 saturated carbocycles. The molecule has 8 aromatic carbocycles. The van der Waals surface area contributed by atoms with E-state index in [2.05, 4.69) is 183 Å². The molecule has 0 unspecified atom stereocenters. The Balaban J connectivity index is 1.09. The summed E-state index contributed by atoms with van der Waals surface area (Å²) in [5.41, 5.74) is 9.10. The van der Waals surface area contributed by atoms with Crippen molar-refractivity contribution in [3.05, 3.63) is 157 Å². The standard InChI is InChI=1S/C52H38N2O2S2/c1-29(2)35-21-31(53-41-15-7-9-17-45(41)55-47-25-39-33-13-5-11-19-49(33)57-51(39)27-43(47)53)24-38-36(30(3)4)22-32(23-37(35)38)54-42-16-8-10-18-46(42)56-48-26-40-34-14-6-12-20-50(34)58-52(40)28-44(48)54/h5-30H,1-4H3. The smallest absolute Gasteiger partial charge is 0.152 e. The number of para-hydroxylation sites is 4. The van der Waals surface area contributed by atoms with Crippen LogP contribution in [-0.4, -0.2) is 0 Å². The molecule has 0 radical (unpaired) electrons. The van der Waals surface area contributed by atoms with Crippen LogP contribution in [0.15, 0.2) is 146 Å². The zero-order valence-electron chi connectivity index (χ0n) is 32.5. The van der Waals surface area contributed by atoms with Crippen molar-refractivity contribution in [3.8, 4) is 23.0 Å². The van der Waals surface area contributed by atoms with Crippen molar-refractivity contribution in [2.75, 3.05) is 9.80 Å². The Kier molecular flexibility index (Phi) is 7.32. The van der Waals surface area contributed by atoms with Crippen molar-refractivity contribution in [1.82, 2.24) is 0 Å². The van der Waals surface area contributed by atoms with Crippen LogP contribution >= 0.6 is 22.7 Å². The van der Waals surface area contributed by atoms with Crippen LogP contribution in [0.2, 0.25) is 0 Å². The molecule has 6 heteroatoms. The van der Waals surface area contributed by atoms with Gasteiger partial charge in [0.25, 0.3) is 0 Å². The highest BCUT2D eigenvalue weighted by Crippen LogP contribution is 2.56. The van der Waals surface area contributed by atoms with Gasteiger partial charge in [-0.1, -0.05) is 88.4 Å². The first-order valence-electron chi connectivity index (χ1n) is 20.0. The Labute approximate surface area is 344 Å². The molecule has 2 aliphatic rings. The molecule has 0 bridgehead atoms. The molecule has 4 nitrogen and oxygen atoms in total. The number of nitrogens with zero attached hydrogens (tertiary/aromatic N) is 2. The SMILES string of the molecule is CC(C)c1cc(N2c3ccccc3Oc3cc4c(cc32)sc2ccccc24)cc2c(C(C)C)cc(N3c4ccccc4Oc4cc5c(cc43)sc3ccccc35)cc12. The van der Waals surface area contributed by atoms with Gasteiger partial charge in [-0.25, -0.2) is 0 Å². The van der Waals surface area contributed by atoms with Gasteiger partial charge in [-0.05, 0) is 119 Å². The largest absolute Gasteiger partial charge is 0.453 e. The van der Waals surface area contributed by atoms with E-state index in [4.69, 9.17) is 9.47 Å². The van der Waals surface area contributed by atoms with Gasteiger partial charge in [-0.3, -0.25) is 0 Å². The molecule has 2 aliphatic heterocycles. The highest BCUT2D eigenvalue weighted by molar-refractivity contribution is 7.26. The summed E-state index contributed by atoms with van der Waals surface area (Å²) in [7, 11) is 0. The summed E-state index contributed by atoms with van der Waals surface area (Å²) in [4.78, 5) is 4.85. The van der Waals surface area contributed by atoms with Gasteiger partial charge in [-0.2, -0.15) is 0 Å². The zero-order chi connectivity index (χ0) is 38.8. The van der Waals surface area contributed by atoms with Gasteiger partial charge in [0.1, 0.15) is 0 Å². The van der Waals surface area contributed by atoms with Crippen LogP contribution in [0.5, 0.6) is 23.0 Å². The second kappa shape index (κ2) is 12.6. The van der Waals surface area contributed by atoms with Crippen LogP contribution < -0.4 is 19.3 Å². The van der Waals surface area contributed by atoms with Crippen LogP contribution in [0.1, 0.15) is 50.7 Å². The molecule has 12 rings (SSSR count). The van der Waals surface area contributed by atoms with Crippen LogP contribution in [-0.2, 0) is 0 Å². The molecule has 10 aromatic rings. The molecule has 0 atom stereocenters. The summed E-state index contributed by atoms with van der Waals surface area (Å²) in [5.74, 6) is 3.99. The second-order valence-electron chi connectivity index (χ2n) is 16.1.